The van der Waals surface area contributed by atoms with Gasteiger partial charge in [-0.2, -0.15) is 0 Å². The average molecular weight is 278 g/mol. The Balaban J connectivity index is 2.02. The van der Waals surface area contributed by atoms with Crippen molar-refractivity contribution in [2.75, 3.05) is 7.11 Å². The number of aromatic nitrogens is 1. The van der Waals surface area contributed by atoms with Gasteiger partial charge >= 0.3 is 5.97 Å². The van der Waals surface area contributed by atoms with Crippen molar-refractivity contribution in [3.63, 3.8) is 0 Å². The van der Waals surface area contributed by atoms with E-state index < -0.39 is 5.97 Å². The molecule has 0 radical (unpaired) electrons. The van der Waals surface area contributed by atoms with Gasteiger partial charge in [0.15, 0.2) is 0 Å². The molecule has 6 heteroatoms. The Morgan fingerprint density at radius 2 is 2.05 bits per heavy atom. The smallest absolute Gasteiger partial charge is 0.373 e. The van der Waals surface area contributed by atoms with E-state index in [2.05, 4.69) is 15.0 Å². The Bertz CT molecular complexity index is 588. The molecular weight excluding hydrogens is 260 g/mol. The molecule has 1 N–H and O–H groups in total. The highest BCUT2D eigenvalue weighted by Gasteiger charge is 2.19. The highest BCUT2D eigenvalue weighted by atomic mass is 16.5. The van der Waals surface area contributed by atoms with Crippen LogP contribution in [-0.2, 0) is 4.74 Å². The van der Waals surface area contributed by atoms with E-state index >= 15 is 0 Å². The van der Waals surface area contributed by atoms with E-state index in [9.17, 15) is 4.79 Å². The first-order chi connectivity index (χ1) is 9.51. The maximum absolute atomic E-state index is 11.3. The van der Waals surface area contributed by atoms with E-state index in [4.69, 9.17) is 8.83 Å². The number of oxazole rings is 1. The van der Waals surface area contributed by atoms with Crippen molar-refractivity contribution in [3.8, 4) is 0 Å². The van der Waals surface area contributed by atoms with Crippen molar-refractivity contribution in [2.24, 2.45) is 0 Å². The third-order valence-electron chi connectivity index (χ3n) is 2.95. The maximum Gasteiger partial charge on any atom is 0.373 e. The van der Waals surface area contributed by atoms with Crippen molar-refractivity contribution in [1.29, 1.82) is 0 Å². The molecule has 0 aliphatic carbocycles. The Morgan fingerprint density at radius 3 is 2.65 bits per heavy atom. The Labute approximate surface area is 117 Å². The summed E-state index contributed by atoms with van der Waals surface area (Å²) < 4.78 is 15.5. The fourth-order valence-corrected chi connectivity index (χ4v) is 1.90. The molecule has 0 spiro atoms. The predicted octanol–water partition coefficient (Wildman–Crippen LogP) is 2.77. The highest BCUT2D eigenvalue weighted by molar-refractivity contribution is 5.86. The molecule has 2 heterocycles. The van der Waals surface area contributed by atoms with Crippen molar-refractivity contribution >= 4 is 5.97 Å². The minimum Gasteiger partial charge on any atom is -0.463 e. The van der Waals surface area contributed by atoms with Gasteiger partial charge in [0, 0.05) is 0 Å². The van der Waals surface area contributed by atoms with Crippen molar-refractivity contribution in [1.82, 2.24) is 10.3 Å². The summed E-state index contributed by atoms with van der Waals surface area (Å²) in [5.74, 6) is 1.75. The summed E-state index contributed by atoms with van der Waals surface area (Å²) in [6, 6.07) is 3.19. The average Bonchev–Trinajstić information content (AvgIpc) is 3.06. The lowest BCUT2D eigenvalue weighted by atomic mass is 10.2. The summed E-state index contributed by atoms with van der Waals surface area (Å²) in [6.45, 7) is 5.74. The van der Waals surface area contributed by atoms with Crippen LogP contribution in [0.3, 0.4) is 0 Å². The molecule has 0 saturated heterocycles. The summed E-state index contributed by atoms with van der Waals surface area (Å²) in [5, 5.41) is 3.29. The second kappa shape index (κ2) is 5.92. The van der Waals surface area contributed by atoms with E-state index in [-0.39, 0.29) is 17.8 Å². The molecule has 2 atom stereocenters. The maximum atomic E-state index is 11.3. The monoisotopic (exact) mass is 278 g/mol. The van der Waals surface area contributed by atoms with Crippen LogP contribution in [0.2, 0.25) is 0 Å². The topological polar surface area (TPSA) is 77.5 Å². The van der Waals surface area contributed by atoms with Crippen LogP contribution in [-0.4, -0.2) is 18.1 Å². The zero-order valence-corrected chi connectivity index (χ0v) is 12.0. The minimum absolute atomic E-state index is 0.0645. The quantitative estimate of drug-likeness (QED) is 0.847. The Hall–Kier alpha value is -2.08. The van der Waals surface area contributed by atoms with Gasteiger partial charge in [-0.3, -0.25) is 5.32 Å². The van der Waals surface area contributed by atoms with Gasteiger partial charge in [0.25, 0.3) is 0 Å². The lowest BCUT2D eigenvalue weighted by Gasteiger charge is -2.15. The number of carbonyl (C=O) groups excluding carboxylic acids is 1. The fourth-order valence-electron chi connectivity index (χ4n) is 1.90. The number of rotatable bonds is 5. The predicted molar refractivity (Wildman–Crippen MR) is 71.3 cm³/mol. The molecular formula is C14H18N2O4. The third-order valence-corrected chi connectivity index (χ3v) is 2.95. The first-order valence-corrected chi connectivity index (χ1v) is 6.37. The Kier molecular flexibility index (Phi) is 4.24. The minimum atomic E-state index is -0.486. The van der Waals surface area contributed by atoms with Crippen LogP contribution in [0.25, 0.3) is 0 Å². The summed E-state index contributed by atoms with van der Waals surface area (Å²) in [6.07, 6.45) is 1.68. The highest BCUT2D eigenvalue weighted by Crippen LogP contribution is 2.21. The van der Waals surface area contributed by atoms with Gasteiger partial charge in [-0.25, -0.2) is 9.78 Å². The molecule has 2 unspecified atom stereocenters. The second-order valence-electron chi connectivity index (χ2n) is 4.61. The number of esters is 1. The summed E-state index contributed by atoms with van der Waals surface area (Å²) in [7, 11) is 1.32. The fraction of sp³-hybridized carbons (Fsp3) is 0.429. The van der Waals surface area contributed by atoms with E-state index in [1.54, 1.807) is 18.3 Å². The number of aryl methyl sites for hydroxylation is 1. The van der Waals surface area contributed by atoms with E-state index in [0.29, 0.717) is 11.7 Å². The molecule has 2 aromatic rings. The molecule has 20 heavy (non-hydrogen) atoms. The summed E-state index contributed by atoms with van der Waals surface area (Å²) in [4.78, 5) is 15.5. The normalized spacial score (nSPS) is 14.0. The number of hydrogen-bond donors (Lipinski definition) is 1. The van der Waals surface area contributed by atoms with Crippen molar-refractivity contribution < 1.29 is 18.4 Å². The van der Waals surface area contributed by atoms with Crippen LogP contribution in [0.4, 0.5) is 0 Å². The standard InChI is InChI=1S/C14H18N2O4/c1-8-7-15-13(19-8)10(3)16-9(2)11-5-6-12(20-11)14(17)18-4/h5-7,9-10,16H,1-4H3. The lowest BCUT2D eigenvalue weighted by molar-refractivity contribution is 0.0562. The summed E-state index contributed by atoms with van der Waals surface area (Å²) >= 11 is 0. The van der Waals surface area contributed by atoms with Crippen LogP contribution in [0, 0.1) is 6.92 Å². The van der Waals surface area contributed by atoms with Gasteiger partial charge in [0.1, 0.15) is 11.5 Å². The molecule has 0 aliphatic rings. The number of furan rings is 1. The van der Waals surface area contributed by atoms with Crippen LogP contribution >= 0.6 is 0 Å². The van der Waals surface area contributed by atoms with Gasteiger partial charge in [0.2, 0.25) is 11.7 Å². The van der Waals surface area contributed by atoms with Gasteiger partial charge in [-0.15, -0.1) is 0 Å². The Morgan fingerprint density at radius 1 is 1.30 bits per heavy atom. The molecule has 0 aromatic carbocycles. The van der Waals surface area contributed by atoms with Gasteiger partial charge in [0.05, 0.1) is 25.4 Å². The van der Waals surface area contributed by atoms with Crippen LogP contribution < -0.4 is 5.32 Å². The number of carbonyl (C=O) groups is 1. The number of nitrogens with one attached hydrogen (secondary N) is 1. The molecule has 0 fully saturated rings. The van der Waals surface area contributed by atoms with Crippen LogP contribution in [0.15, 0.2) is 27.2 Å². The van der Waals surface area contributed by atoms with E-state index in [1.165, 1.54) is 7.11 Å². The molecule has 0 bridgehead atoms. The zero-order chi connectivity index (χ0) is 14.7. The first kappa shape index (κ1) is 14.3. The molecule has 2 rings (SSSR count). The SMILES string of the molecule is COC(=O)c1ccc(C(C)NC(C)c2ncc(C)o2)o1. The lowest BCUT2D eigenvalue weighted by Crippen LogP contribution is -2.22. The van der Waals surface area contributed by atoms with Crippen molar-refractivity contribution in [3.05, 3.63) is 41.5 Å². The van der Waals surface area contributed by atoms with Crippen molar-refractivity contribution in [2.45, 2.75) is 32.9 Å². The molecule has 0 aliphatic heterocycles. The van der Waals surface area contributed by atoms with E-state index in [1.807, 2.05) is 20.8 Å². The largest absolute Gasteiger partial charge is 0.463 e. The second-order valence-corrected chi connectivity index (χ2v) is 4.61. The van der Waals surface area contributed by atoms with Crippen LogP contribution in [0.1, 0.15) is 53.9 Å². The first-order valence-electron chi connectivity index (χ1n) is 6.37. The van der Waals surface area contributed by atoms with E-state index in [0.717, 1.165) is 5.76 Å². The molecule has 108 valence electrons. The molecule has 6 nitrogen and oxygen atoms in total. The number of hydrogen-bond acceptors (Lipinski definition) is 6. The molecule has 0 amide bonds. The van der Waals surface area contributed by atoms with Crippen LogP contribution in [0.5, 0.6) is 0 Å². The summed E-state index contributed by atoms with van der Waals surface area (Å²) in [5.41, 5.74) is 0. The number of ether oxygens (including phenoxy) is 1. The van der Waals surface area contributed by atoms with Gasteiger partial charge < -0.3 is 13.6 Å². The molecule has 0 saturated carbocycles. The molecule has 2 aromatic heterocycles. The van der Waals surface area contributed by atoms with Gasteiger partial charge in [-0.05, 0) is 32.9 Å². The number of methoxy groups -OCH3 is 1. The number of nitrogens with zero attached hydrogens (tertiary/aromatic N) is 1. The van der Waals surface area contributed by atoms with Gasteiger partial charge in [-0.1, -0.05) is 0 Å². The zero-order valence-electron chi connectivity index (χ0n) is 12.0. The third kappa shape index (κ3) is 3.08.